The highest BCUT2D eigenvalue weighted by molar-refractivity contribution is 6.45. The lowest BCUT2D eigenvalue weighted by Gasteiger charge is -2.36. The summed E-state index contributed by atoms with van der Waals surface area (Å²) in [6.07, 6.45) is 1.32. The Morgan fingerprint density at radius 1 is 1.67 bits per heavy atom. The fourth-order valence-electron chi connectivity index (χ4n) is 1.20. The molecule has 12 heavy (non-hydrogen) atoms. The number of ether oxygens (including phenoxy) is 1. The van der Waals surface area contributed by atoms with Crippen molar-refractivity contribution in [3.8, 4) is 6.07 Å². The summed E-state index contributed by atoms with van der Waals surface area (Å²) in [5.74, 6) is -2.32. The number of hydrogen-bond acceptors (Lipinski definition) is 3. The second-order valence-electron chi connectivity index (χ2n) is 2.72. The molecule has 3 nitrogen and oxygen atoms in total. The Bertz CT molecular complexity index is 204. The van der Waals surface area contributed by atoms with Gasteiger partial charge in [-0.05, 0) is 12.8 Å². The van der Waals surface area contributed by atoms with Crippen molar-refractivity contribution in [2.45, 2.75) is 23.5 Å². The van der Waals surface area contributed by atoms with Crippen LogP contribution in [-0.4, -0.2) is 22.3 Å². The van der Waals surface area contributed by atoms with Gasteiger partial charge in [-0.15, -0.1) is 0 Å². The summed E-state index contributed by atoms with van der Waals surface area (Å²) in [4.78, 5) is -1.08. The van der Waals surface area contributed by atoms with Crippen molar-refractivity contribution in [1.29, 1.82) is 5.26 Å². The van der Waals surface area contributed by atoms with Crippen molar-refractivity contribution in [2.24, 2.45) is 5.92 Å². The third-order valence-corrected chi connectivity index (χ3v) is 2.56. The van der Waals surface area contributed by atoms with E-state index in [4.69, 9.17) is 33.2 Å². The van der Waals surface area contributed by atoms with Crippen LogP contribution >= 0.6 is 23.2 Å². The van der Waals surface area contributed by atoms with E-state index >= 15 is 0 Å². The first-order chi connectivity index (χ1) is 5.61. The largest absolute Gasteiger partial charge is 0.362 e. The molecule has 0 aromatic heterocycles. The van der Waals surface area contributed by atoms with Crippen LogP contribution in [0.1, 0.15) is 12.8 Å². The van der Waals surface area contributed by atoms with Gasteiger partial charge in [-0.1, -0.05) is 23.2 Å². The Morgan fingerprint density at radius 3 is 2.75 bits per heavy atom. The van der Waals surface area contributed by atoms with Gasteiger partial charge >= 0.3 is 0 Å². The van der Waals surface area contributed by atoms with Gasteiger partial charge in [0.1, 0.15) is 5.92 Å². The number of hydrogen-bond donors (Lipinski definition) is 1. The summed E-state index contributed by atoms with van der Waals surface area (Å²) >= 11 is 11.0. The van der Waals surface area contributed by atoms with E-state index in [9.17, 15) is 5.11 Å². The molecule has 0 aromatic carbocycles. The van der Waals surface area contributed by atoms with Crippen LogP contribution in [0.25, 0.3) is 0 Å². The maximum atomic E-state index is 9.70. The molecule has 0 spiro atoms. The molecule has 68 valence electrons. The molecular weight excluding hydrogens is 201 g/mol. The first-order valence-corrected chi connectivity index (χ1v) is 4.52. The summed E-state index contributed by atoms with van der Waals surface area (Å²) < 4.78 is 5.00. The molecule has 1 N–H and O–H groups in total. The summed E-state index contributed by atoms with van der Waals surface area (Å²) in [5.41, 5.74) is 0. The maximum Gasteiger partial charge on any atom is 0.212 e. The Hall–Kier alpha value is -0.0100. The molecule has 0 amide bonds. The fourth-order valence-corrected chi connectivity index (χ4v) is 1.63. The lowest BCUT2D eigenvalue weighted by Crippen LogP contribution is -2.49. The van der Waals surface area contributed by atoms with Crippen LogP contribution < -0.4 is 0 Å². The number of nitriles is 1. The minimum absolute atomic E-state index is 0.393. The van der Waals surface area contributed by atoms with Crippen LogP contribution in [0.5, 0.6) is 0 Å². The average molecular weight is 210 g/mol. The molecule has 1 saturated heterocycles. The van der Waals surface area contributed by atoms with Crippen LogP contribution in [0.2, 0.25) is 0 Å². The van der Waals surface area contributed by atoms with Crippen LogP contribution in [0.3, 0.4) is 0 Å². The zero-order chi connectivity index (χ0) is 9.19. The SMILES string of the molecule is N#CC1CCCOC1(O)C(Cl)Cl. The molecule has 2 atom stereocenters. The molecule has 1 heterocycles. The van der Waals surface area contributed by atoms with Crippen molar-refractivity contribution in [3.63, 3.8) is 0 Å². The first kappa shape index (κ1) is 10.1. The number of alkyl halides is 2. The van der Waals surface area contributed by atoms with E-state index in [2.05, 4.69) is 0 Å². The van der Waals surface area contributed by atoms with Gasteiger partial charge in [0.2, 0.25) is 5.79 Å². The molecule has 1 aliphatic rings. The van der Waals surface area contributed by atoms with Crippen molar-refractivity contribution >= 4 is 23.2 Å². The van der Waals surface area contributed by atoms with Gasteiger partial charge in [0.05, 0.1) is 12.7 Å². The summed E-state index contributed by atoms with van der Waals surface area (Å²) in [5, 5.41) is 18.4. The second-order valence-corrected chi connectivity index (χ2v) is 3.82. The second kappa shape index (κ2) is 3.80. The third kappa shape index (κ3) is 1.67. The highest BCUT2D eigenvalue weighted by atomic mass is 35.5. The monoisotopic (exact) mass is 209 g/mol. The minimum atomic E-state index is -1.68. The Labute approximate surface area is 80.8 Å². The van der Waals surface area contributed by atoms with E-state index in [0.717, 1.165) is 6.42 Å². The van der Waals surface area contributed by atoms with E-state index in [0.29, 0.717) is 13.0 Å². The van der Waals surface area contributed by atoms with Gasteiger partial charge < -0.3 is 9.84 Å². The van der Waals surface area contributed by atoms with Crippen molar-refractivity contribution in [2.75, 3.05) is 6.61 Å². The zero-order valence-electron chi connectivity index (χ0n) is 6.33. The molecular formula is C7H9Cl2NO2. The van der Waals surface area contributed by atoms with Crippen molar-refractivity contribution in [3.05, 3.63) is 0 Å². The molecule has 2 unspecified atom stereocenters. The van der Waals surface area contributed by atoms with E-state index in [1.54, 1.807) is 0 Å². The highest BCUT2D eigenvalue weighted by Gasteiger charge is 2.46. The Morgan fingerprint density at radius 2 is 2.33 bits per heavy atom. The van der Waals surface area contributed by atoms with Gasteiger partial charge in [0, 0.05) is 0 Å². The zero-order valence-corrected chi connectivity index (χ0v) is 7.85. The smallest absolute Gasteiger partial charge is 0.212 e. The van der Waals surface area contributed by atoms with E-state index < -0.39 is 16.5 Å². The Kier molecular flexibility index (Phi) is 3.19. The third-order valence-electron chi connectivity index (χ3n) is 1.94. The maximum absolute atomic E-state index is 9.70. The molecule has 0 bridgehead atoms. The van der Waals surface area contributed by atoms with E-state index in [1.807, 2.05) is 6.07 Å². The molecule has 0 aliphatic carbocycles. The normalized spacial score (nSPS) is 36.4. The number of nitrogens with zero attached hydrogens (tertiary/aromatic N) is 1. The molecule has 0 saturated carbocycles. The highest BCUT2D eigenvalue weighted by Crippen LogP contribution is 2.35. The lowest BCUT2D eigenvalue weighted by atomic mass is 9.93. The quantitative estimate of drug-likeness (QED) is 0.666. The molecule has 1 aliphatic heterocycles. The van der Waals surface area contributed by atoms with E-state index in [-0.39, 0.29) is 0 Å². The van der Waals surface area contributed by atoms with Crippen molar-refractivity contribution < 1.29 is 9.84 Å². The number of rotatable bonds is 1. The van der Waals surface area contributed by atoms with Gasteiger partial charge in [-0.2, -0.15) is 5.26 Å². The standard InChI is InChI=1S/C7H9Cl2NO2/c8-6(9)7(11)5(4-10)2-1-3-12-7/h5-6,11H,1-3H2. The first-order valence-electron chi connectivity index (χ1n) is 3.65. The number of halogens is 2. The van der Waals surface area contributed by atoms with Gasteiger partial charge in [-0.25, -0.2) is 0 Å². The molecule has 1 fully saturated rings. The van der Waals surface area contributed by atoms with Gasteiger partial charge in [0.25, 0.3) is 0 Å². The molecule has 5 heteroatoms. The van der Waals surface area contributed by atoms with Gasteiger partial charge in [0.15, 0.2) is 4.84 Å². The minimum Gasteiger partial charge on any atom is -0.362 e. The summed E-state index contributed by atoms with van der Waals surface area (Å²) in [7, 11) is 0. The van der Waals surface area contributed by atoms with Crippen LogP contribution in [-0.2, 0) is 4.74 Å². The molecule has 1 rings (SSSR count). The van der Waals surface area contributed by atoms with Crippen molar-refractivity contribution in [1.82, 2.24) is 0 Å². The summed E-state index contributed by atoms with van der Waals surface area (Å²) in [6, 6.07) is 1.93. The average Bonchev–Trinajstić information content (AvgIpc) is 2.05. The van der Waals surface area contributed by atoms with Crippen LogP contribution in [0, 0.1) is 17.2 Å². The summed E-state index contributed by atoms with van der Waals surface area (Å²) in [6.45, 7) is 0.393. The van der Waals surface area contributed by atoms with Crippen LogP contribution in [0.4, 0.5) is 0 Å². The van der Waals surface area contributed by atoms with Crippen LogP contribution in [0.15, 0.2) is 0 Å². The predicted molar refractivity (Wildman–Crippen MR) is 44.7 cm³/mol. The Balaban J connectivity index is 2.77. The van der Waals surface area contributed by atoms with E-state index in [1.165, 1.54) is 0 Å². The predicted octanol–water partition coefficient (Wildman–Crippen LogP) is 1.43. The fraction of sp³-hybridized carbons (Fsp3) is 0.857. The lowest BCUT2D eigenvalue weighted by molar-refractivity contribution is -0.235. The van der Waals surface area contributed by atoms with Gasteiger partial charge in [-0.3, -0.25) is 0 Å². The molecule has 0 aromatic rings. The topological polar surface area (TPSA) is 53.2 Å². The number of aliphatic hydroxyl groups is 1. The molecule has 0 radical (unpaired) electrons.